The van der Waals surface area contributed by atoms with E-state index in [2.05, 4.69) is 5.32 Å². The van der Waals surface area contributed by atoms with Crippen LogP contribution in [0.25, 0.3) is 6.08 Å². The second-order valence-electron chi connectivity index (χ2n) is 5.11. The first-order valence-electron chi connectivity index (χ1n) is 6.99. The molecule has 1 N–H and O–H groups in total. The van der Waals surface area contributed by atoms with Gasteiger partial charge in [0, 0.05) is 5.02 Å². The van der Waals surface area contributed by atoms with Crippen LogP contribution in [-0.2, 0) is 9.59 Å². The van der Waals surface area contributed by atoms with Crippen molar-refractivity contribution in [1.82, 2.24) is 5.32 Å². The Morgan fingerprint density at radius 1 is 1.08 bits per heavy atom. The van der Waals surface area contributed by atoms with Gasteiger partial charge in [0.15, 0.2) is 5.11 Å². The molecular formula is C17H9Cl2FN2O2S. The molecule has 1 heterocycles. The molecule has 3 rings (SSSR count). The van der Waals surface area contributed by atoms with Crippen molar-refractivity contribution in [2.75, 3.05) is 4.90 Å². The van der Waals surface area contributed by atoms with Crippen molar-refractivity contribution >= 4 is 64.1 Å². The van der Waals surface area contributed by atoms with E-state index in [1.165, 1.54) is 42.5 Å². The van der Waals surface area contributed by atoms with Crippen LogP contribution in [0.15, 0.2) is 48.0 Å². The maximum absolute atomic E-state index is 13.0. The van der Waals surface area contributed by atoms with E-state index in [0.717, 1.165) is 4.90 Å². The number of hydrogen-bond acceptors (Lipinski definition) is 3. The summed E-state index contributed by atoms with van der Waals surface area (Å²) in [6.07, 6.45) is 1.36. The smallest absolute Gasteiger partial charge is 0.270 e. The summed E-state index contributed by atoms with van der Waals surface area (Å²) in [5.74, 6) is -1.69. The molecule has 126 valence electrons. The first-order chi connectivity index (χ1) is 11.9. The van der Waals surface area contributed by atoms with Crippen molar-refractivity contribution in [2.24, 2.45) is 0 Å². The molecule has 1 aliphatic heterocycles. The molecule has 25 heavy (non-hydrogen) atoms. The number of rotatable bonds is 2. The highest BCUT2D eigenvalue weighted by molar-refractivity contribution is 7.80. The molecule has 1 fully saturated rings. The van der Waals surface area contributed by atoms with E-state index in [1.54, 1.807) is 6.07 Å². The number of halogens is 3. The third-order valence-electron chi connectivity index (χ3n) is 3.43. The average molecular weight is 395 g/mol. The Morgan fingerprint density at radius 2 is 1.76 bits per heavy atom. The fourth-order valence-corrected chi connectivity index (χ4v) is 3.03. The van der Waals surface area contributed by atoms with Crippen LogP contribution in [0, 0.1) is 5.82 Å². The van der Waals surface area contributed by atoms with Crippen LogP contribution >= 0.6 is 35.4 Å². The zero-order valence-electron chi connectivity index (χ0n) is 12.4. The number of anilines is 1. The van der Waals surface area contributed by atoms with Gasteiger partial charge in [-0.25, -0.2) is 4.39 Å². The largest absolute Gasteiger partial charge is 0.298 e. The van der Waals surface area contributed by atoms with Crippen molar-refractivity contribution < 1.29 is 14.0 Å². The number of hydrogen-bond donors (Lipinski definition) is 1. The molecule has 0 bridgehead atoms. The minimum absolute atomic E-state index is 0.0875. The average Bonchev–Trinajstić information content (AvgIpc) is 2.55. The van der Waals surface area contributed by atoms with Crippen molar-refractivity contribution in [2.45, 2.75) is 0 Å². The lowest BCUT2D eigenvalue weighted by atomic mass is 10.1. The molecule has 4 nitrogen and oxygen atoms in total. The Kier molecular flexibility index (Phi) is 4.85. The summed E-state index contributed by atoms with van der Waals surface area (Å²) in [5, 5.41) is 2.97. The number of nitrogens with one attached hydrogen (secondary N) is 1. The quantitative estimate of drug-likeness (QED) is 0.476. The Morgan fingerprint density at radius 3 is 2.40 bits per heavy atom. The molecule has 1 aliphatic rings. The van der Waals surface area contributed by atoms with Crippen LogP contribution in [-0.4, -0.2) is 16.9 Å². The SMILES string of the molecule is O=C1NC(=S)N(c2ccc(Cl)cc2Cl)C(=O)C1=Cc1ccc(F)cc1. The van der Waals surface area contributed by atoms with Crippen LogP contribution in [0.5, 0.6) is 0 Å². The maximum Gasteiger partial charge on any atom is 0.270 e. The molecule has 0 aliphatic carbocycles. The van der Waals surface area contributed by atoms with E-state index < -0.39 is 17.6 Å². The Bertz CT molecular complexity index is 929. The highest BCUT2D eigenvalue weighted by Gasteiger charge is 2.35. The fraction of sp³-hybridized carbons (Fsp3) is 0. The van der Waals surface area contributed by atoms with Gasteiger partial charge in [0.05, 0.1) is 10.7 Å². The number of amides is 2. The second kappa shape index (κ2) is 6.92. The van der Waals surface area contributed by atoms with E-state index in [0.29, 0.717) is 16.3 Å². The van der Waals surface area contributed by atoms with Gasteiger partial charge in [0.1, 0.15) is 11.4 Å². The van der Waals surface area contributed by atoms with Crippen molar-refractivity contribution in [3.8, 4) is 0 Å². The molecule has 0 saturated carbocycles. The zero-order chi connectivity index (χ0) is 18.1. The molecule has 0 atom stereocenters. The predicted molar refractivity (Wildman–Crippen MR) is 99.1 cm³/mol. The summed E-state index contributed by atoms with van der Waals surface area (Å²) in [7, 11) is 0. The predicted octanol–water partition coefficient (Wildman–Crippen LogP) is 3.96. The lowest BCUT2D eigenvalue weighted by Crippen LogP contribution is -2.54. The van der Waals surface area contributed by atoms with E-state index in [9.17, 15) is 14.0 Å². The van der Waals surface area contributed by atoms with Gasteiger partial charge >= 0.3 is 0 Å². The number of benzene rings is 2. The van der Waals surface area contributed by atoms with Crippen molar-refractivity contribution in [3.63, 3.8) is 0 Å². The Balaban J connectivity index is 2.03. The third kappa shape index (κ3) is 3.56. The normalized spacial score (nSPS) is 16.4. The van der Waals surface area contributed by atoms with Crippen LogP contribution in [0.1, 0.15) is 5.56 Å². The molecule has 0 aromatic heterocycles. The lowest BCUT2D eigenvalue weighted by Gasteiger charge is -2.29. The zero-order valence-corrected chi connectivity index (χ0v) is 14.8. The number of carbonyl (C=O) groups excluding carboxylic acids is 2. The van der Waals surface area contributed by atoms with E-state index in [4.69, 9.17) is 35.4 Å². The first-order valence-corrected chi connectivity index (χ1v) is 8.15. The standard InChI is InChI=1S/C17H9Cl2FN2O2S/c18-10-3-6-14(13(19)8-10)22-16(24)12(15(23)21-17(22)25)7-9-1-4-11(20)5-2-9/h1-8H,(H,21,23,25). The van der Waals surface area contributed by atoms with Gasteiger partial charge in [-0.1, -0.05) is 35.3 Å². The second-order valence-corrected chi connectivity index (χ2v) is 6.34. The van der Waals surface area contributed by atoms with Gasteiger partial charge < -0.3 is 0 Å². The highest BCUT2D eigenvalue weighted by Crippen LogP contribution is 2.31. The van der Waals surface area contributed by atoms with E-state index in [1.807, 2.05) is 0 Å². The minimum atomic E-state index is -0.638. The third-order valence-corrected chi connectivity index (χ3v) is 4.26. The van der Waals surface area contributed by atoms with Crippen LogP contribution in [0.2, 0.25) is 10.0 Å². The number of carbonyl (C=O) groups is 2. The molecule has 2 aromatic carbocycles. The molecule has 0 unspecified atom stereocenters. The summed E-state index contributed by atoms with van der Waals surface area (Å²) in [5.41, 5.74) is 0.646. The topological polar surface area (TPSA) is 49.4 Å². The molecule has 2 amide bonds. The summed E-state index contributed by atoms with van der Waals surface area (Å²) < 4.78 is 13.0. The van der Waals surface area contributed by atoms with Gasteiger partial charge in [-0.2, -0.15) is 0 Å². The summed E-state index contributed by atoms with van der Waals surface area (Å²) in [4.78, 5) is 26.1. The van der Waals surface area contributed by atoms with Gasteiger partial charge in [-0.3, -0.25) is 19.8 Å². The highest BCUT2D eigenvalue weighted by atomic mass is 35.5. The molecule has 2 aromatic rings. The summed E-state index contributed by atoms with van der Waals surface area (Å²) in [6, 6.07) is 9.92. The van der Waals surface area contributed by atoms with Gasteiger partial charge in [0.2, 0.25) is 0 Å². The van der Waals surface area contributed by atoms with Gasteiger partial charge in [-0.15, -0.1) is 0 Å². The summed E-state index contributed by atoms with van der Waals surface area (Å²) in [6.45, 7) is 0. The first kappa shape index (κ1) is 17.5. The maximum atomic E-state index is 13.0. The Labute approximate surface area is 157 Å². The van der Waals surface area contributed by atoms with Crippen LogP contribution in [0.3, 0.4) is 0 Å². The van der Waals surface area contributed by atoms with Crippen molar-refractivity contribution in [3.05, 3.63) is 69.5 Å². The van der Waals surface area contributed by atoms with Gasteiger partial charge in [0.25, 0.3) is 11.8 Å². The van der Waals surface area contributed by atoms with Crippen molar-refractivity contribution in [1.29, 1.82) is 0 Å². The van der Waals surface area contributed by atoms with E-state index >= 15 is 0 Å². The molecular weight excluding hydrogens is 386 g/mol. The van der Waals surface area contributed by atoms with E-state index in [-0.39, 0.29) is 15.7 Å². The molecule has 8 heteroatoms. The number of nitrogens with zero attached hydrogens (tertiary/aromatic N) is 1. The molecule has 1 saturated heterocycles. The summed E-state index contributed by atoms with van der Waals surface area (Å²) >= 11 is 17.1. The minimum Gasteiger partial charge on any atom is -0.298 e. The fourth-order valence-electron chi connectivity index (χ4n) is 2.26. The monoisotopic (exact) mass is 394 g/mol. The van der Waals surface area contributed by atoms with Crippen LogP contribution in [0.4, 0.5) is 10.1 Å². The van der Waals surface area contributed by atoms with Gasteiger partial charge in [-0.05, 0) is 54.2 Å². The molecule has 0 radical (unpaired) electrons. The lowest BCUT2D eigenvalue weighted by molar-refractivity contribution is -0.122. The Hall–Kier alpha value is -2.28. The molecule has 0 spiro atoms. The van der Waals surface area contributed by atoms with Crippen LogP contribution < -0.4 is 10.2 Å². The number of thiocarbonyl (C=S) groups is 1.